The topological polar surface area (TPSA) is 66.5 Å². The molecule has 0 spiro atoms. The Morgan fingerprint density at radius 1 is 1.82 bits per heavy atom. The first kappa shape index (κ1) is 8.41. The molecule has 1 rings (SSSR count). The monoisotopic (exact) mass is 189 g/mol. The average Bonchev–Trinajstić information content (AvgIpc) is 2.40. The van der Waals surface area contributed by atoms with Crippen LogP contribution in [-0.4, -0.2) is 30.7 Å². The number of anilines is 1. The third-order valence-electron chi connectivity index (χ3n) is 0.841. The second-order valence-corrected chi connectivity index (χ2v) is 3.54. The van der Waals surface area contributed by atoms with Crippen LogP contribution in [0, 0.1) is 0 Å². The lowest BCUT2D eigenvalue weighted by atomic mass is 11.0. The van der Waals surface area contributed by atoms with E-state index in [0.29, 0.717) is 10.3 Å². The molecule has 0 unspecified atom stereocenters. The van der Waals surface area contributed by atoms with E-state index in [1.165, 1.54) is 11.8 Å². The van der Waals surface area contributed by atoms with E-state index in [4.69, 9.17) is 12.2 Å². The van der Waals surface area contributed by atoms with Crippen LogP contribution < -0.4 is 5.32 Å². The minimum atomic E-state index is 0.482. The van der Waals surface area contributed by atoms with E-state index in [1.54, 1.807) is 0 Å². The van der Waals surface area contributed by atoms with Gasteiger partial charge in [-0.2, -0.15) is 0 Å². The van der Waals surface area contributed by atoms with Gasteiger partial charge in [0.1, 0.15) is 4.32 Å². The van der Waals surface area contributed by atoms with Crippen LogP contribution in [-0.2, 0) is 0 Å². The molecule has 0 aliphatic carbocycles. The van der Waals surface area contributed by atoms with Crippen LogP contribution in [0.2, 0.25) is 0 Å². The van der Waals surface area contributed by atoms with Crippen LogP contribution in [0.4, 0.5) is 5.95 Å². The van der Waals surface area contributed by atoms with E-state index >= 15 is 0 Å². The summed E-state index contributed by atoms with van der Waals surface area (Å²) >= 11 is 6.47. The molecule has 0 bridgehead atoms. The molecule has 0 aromatic carbocycles. The van der Waals surface area contributed by atoms with E-state index in [0.717, 1.165) is 5.75 Å². The van der Waals surface area contributed by atoms with E-state index in [2.05, 4.69) is 25.9 Å². The zero-order valence-electron chi connectivity index (χ0n) is 5.87. The van der Waals surface area contributed by atoms with E-state index in [9.17, 15) is 0 Å². The van der Waals surface area contributed by atoms with Crippen molar-refractivity contribution in [3.63, 3.8) is 0 Å². The summed E-state index contributed by atoms with van der Waals surface area (Å²) in [5.74, 6) is 1.42. The second-order valence-electron chi connectivity index (χ2n) is 1.60. The minimum absolute atomic E-state index is 0.482. The second kappa shape index (κ2) is 4.24. The molecule has 7 heteroatoms. The van der Waals surface area contributed by atoms with Crippen LogP contribution in [0.5, 0.6) is 0 Å². The Morgan fingerprint density at radius 2 is 2.64 bits per heavy atom. The van der Waals surface area contributed by atoms with Crippen LogP contribution in [0.3, 0.4) is 0 Å². The van der Waals surface area contributed by atoms with Crippen molar-refractivity contribution in [1.82, 2.24) is 20.6 Å². The summed E-state index contributed by atoms with van der Waals surface area (Å²) in [6, 6.07) is 0. The number of tetrazole rings is 1. The van der Waals surface area contributed by atoms with Gasteiger partial charge >= 0.3 is 0 Å². The van der Waals surface area contributed by atoms with Crippen molar-refractivity contribution in [2.45, 2.75) is 6.92 Å². The van der Waals surface area contributed by atoms with Gasteiger partial charge in [0.15, 0.2) is 0 Å². The van der Waals surface area contributed by atoms with Crippen LogP contribution in [0.1, 0.15) is 6.92 Å². The molecule has 0 fully saturated rings. The Labute approximate surface area is 73.3 Å². The minimum Gasteiger partial charge on any atom is -0.309 e. The van der Waals surface area contributed by atoms with E-state index < -0.39 is 0 Å². The molecule has 0 saturated carbocycles. The first-order valence-electron chi connectivity index (χ1n) is 3.00. The lowest BCUT2D eigenvalue weighted by Crippen LogP contribution is -2.06. The first-order chi connectivity index (χ1) is 5.33. The number of nitrogens with zero attached hydrogens (tertiary/aromatic N) is 3. The maximum atomic E-state index is 4.94. The summed E-state index contributed by atoms with van der Waals surface area (Å²) in [6.45, 7) is 2.03. The highest BCUT2D eigenvalue weighted by atomic mass is 32.2. The van der Waals surface area contributed by atoms with E-state index in [1.807, 2.05) is 6.92 Å². The van der Waals surface area contributed by atoms with Crippen molar-refractivity contribution < 1.29 is 0 Å². The van der Waals surface area contributed by atoms with Crippen molar-refractivity contribution in [2.75, 3.05) is 11.1 Å². The summed E-state index contributed by atoms with van der Waals surface area (Å²) in [5, 5.41) is 15.7. The van der Waals surface area contributed by atoms with Gasteiger partial charge in [0, 0.05) is 0 Å². The lowest BCUT2D eigenvalue weighted by molar-refractivity contribution is 0.881. The summed E-state index contributed by atoms with van der Waals surface area (Å²) in [6.07, 6.45) is 0. The quantitative estimate of drug-likeness (QED) is 0.666. The highest BCUT2D eigenvalue weighted by Gasteiger charge is 1.98. The molecule has 2 N–H and O–H groups in total. The predicted octanol–water partition coefficient (Wildman–Crippen LogP) is 0.650. The number of H-pyrrole nitrogens is 1. The van der Waals surface area contributed by atoms with Gasteiger partial charge in [-0.05, 0) is 16.2 Å². The largest absolute Gasteiger partial charge is 0.309 e. The summed E-state index contributed by atoms with van der Waals surface area (Å²) in [4.78, 5) is 0. The van der Waals surface area contributed by atoms with Crippen molar-refractivity contribution in [2.24, 2.45) is 0 Å². The third kappa shape index (κ3) is 2.81. The molecule has 11 heavy (non-hydrogen) atoms. The van der Waals surface area contributed by atoms with Crippen molar-refractivity contribution in [3.8, 4) is 0 Å². The molecule has 0 aliphatic heterocycles. The smallest absolute Gasteiger partial charge is 0.245 e. The maximum absolute atomic E-state index is 4.94. The molecule has 0 aliphatic rings. The molecule has 0 radical (unpaired) electrons. The normalized spacial score (nSPS) is 9.55. The molecule has 5 nitrogen and oxygen atoms in total. The Hall–Kier alpha value is -0.690. The number of aromatic amines is 1. The molecule has 60 valence electrons. The zero-order valence-corrected chi connectivity index (χ0v) is 7.50. The summed E-state index contributed by atoms with van der Waals surface area (Å²) < 4.78 is 0.672. The number of thioether (sulfide) groups is 1. The Bertz CT molecular complexity index is 220. The van der Waals surface area contributed by atoms with Gasteiger partial charge in [-0.15, -0.1) is 0 Å². The highest BCUT2D eigenvalue weighted by molar-refractivity contribution is 8.23. The molecular weight excluding hydrogens is 182 g/mol. The number of hydrogen-bond donors (Lipinski definition) is 2. The van der Waals surface area contributed by atoms with Crippen molar-refractivity contribution in [1.29, 1.82) is 0 Å². The molecular formula is C4H7N5S2. The third-order valence-corrected chi connectivity index (χ3v) is 1.95. The van der Waals surface area contributed by atoms with Crippen LogP contribution in [0.15, 0.2) is 0 Å². The van der Waals surface area contributed by atoms with Gasteiger partial charge in [-0.25, -0.2) is 5.10 Å². The summed E-state index contributed by atoms with van der Waals surface area (Å²) in [7, 11) is 0. The molecule has 0 saturated heterocycles. The van der Waals surface area contributed by atoms with Gasteiger partial charge in [0.05, 0.1) is 0 Å². The summed E-state index contributed by atoms with van der Waals surface area (Å²) in [5.41, 5.74) is 0. The average molecular weight is 189 g/mol. The molecule has 1 heterocycles. The molecule has 1 aromatic rings. The Kier molecular flexibility index (Phi) is 3.24. The Morgan fingerprint density at radius 3 is 3.18 bits per heavy atom. The fourth-order valence-electron chi connectivity index (χ4n) is 0.476. The first-order valence-corrected chi connectivity index (χ1v) is 4.40. The number of nitrogens with one attached hydrogen (secondary N) is 2. The number of rotatable bonds is 2. The molecule has 0 amide bonds. The molecule has 1 aromatic heterocycles. The number of hydrogen-bond acceptors (Lipinski definition) is 5. The van der Waals surface area contributed by atoms with Gasteiger partial charge in [-0.1, -0.05) is 36.0 Å². The van der Waals surface area contributed by atoms with Crippen LogP contribution >= 0.6 is 24.0 Å². The van der Waals surface area contributed by atoms with Gasteiger partial charge < -0.3 is 5.32 Å². The van der Waals surface area contributed by atoms with E-state index in [-0.39, 0.29) is 0 Å². The van der Waals surface area contributed by atoms with Gasteiger partial charge in [-0.3, -0.25) is 0 Å². The Balaban J connectivity index is 2.37. The van der Waals surface area contributed by atoms with Gasteiger partial charge in [0.2, 0.25) is 5.95 Å². The predicted molar refractivity (Wildman–Crippen MR) is 48.5 cm³/mol. The SMILES string of the molecule is CCSC(=S)Nc1nnn[nH]1. The lowest BCUT2D eigenvalue weighted by Gasteiger charge is -1.99. The maximum Gasteiger partial charge on any atom is 0.245 e. The highest BCUT2D eigenvalue weighted by Crippen LogP contribution is 2.04. The number of aromatic nitrogens is 4. The van der Waals surface area contributed by atoms with Gasteiger partial charge in [0.25, 0.3) is 0 Å². The van der Waals surface area contributed by atoms with Crippen molar-refractivity contribution in [3.05, 3.63) is 0 Å². The fourth-order valence-corrected chi connectivity index (χ4v) is 1.36. The zero-order chi connectivity index (χ0) is 8.10. The molecule has 0 atom stereocenters. The number of thiocarbonyl (C=S) groups is 1. The van der Waals surface area contributed by atoms with Crippen LogP contribution in [0.25, 0.3) is 0 Å². The fraction of sp³-hybridized carbons (Fsp3) is 0.500. The standard InChI is InChI=1S/C4H7N5S2/c1-2-11-4(10)5-3-6-8-9-7-3/h2H2,1H3,(H2,5,6,7,8,9,10). The van der Waals surface area contributed by atoms with Crippen molar-refractivity contribution >= 4 is 34.2 Å².